The topological polar surface area (TPSA) is 105 Å². The van der Waals surface area contributed by atoms with Crippen LogP contribution in [-0.4, -0.2) is 60.9 Å². The van der Waals surface area contributed by atoms with Crippen molar-refractivity contribution in [1.82, 2.24) is 34.8 Å². The minimum absolute atomic E-state index is 0.136. The normalized spacial score (nSPS) is 13.1. The first-order valence-electron chi connectivity index (χ1n) is 11.9. The average Bonchev–Trinajstić information content (AvgIpc) is 3.28. The van der Waals surface area contributed by atoms with Gasteiger partial charge in [0.2, 0.25) is 5.91 Å². The van der Waals surface area contributed by atoms with Gasteiger partial charge in [-0.25, -0.2) is 18.9 Å². The summed E-state index contributed by atoms with van der Waals surface area (Å²) in [6.45, 7) is 1.24. The molecule has 10 heteroatoms. The Morgan fingerprint density at radius 2 is 1.86 bits per heavy atom. The number of aromatic nitrogens is 5. The zero-order valence-electron chi connectivity index (χ0n) is 19.8. The van der Waals surface area contributed by atoms with Crippen LogP contribution in [-0.2, 0) is 11.2 Å². The minimum atomic E-state index is -0.705. The fourth-order valence-corrected chi connectivity index (χ4v) is 4.30. The van der Waals surface area contributed by atoms with E-state index in [4.69, 9.17) is 0 Å². The number of pyridine rings is 1. The number of halogens is 1. The lowest BCUT2D eigenvalue weighted by Crippen LogP contribution is -2.47. The van der Waals surface area contributed by atoms with Gasteiger partial charge in [-0.3, -0.25) is 14.6 Å². The Labute approximate surface area is 211 Å². The van der Waals surface area contributed by atoms with Gasteiger partial charge in [-0.15, -0.1) is 0 Å². The van der Waals surface area contributed by atoms with Gasteiger partial charge in [-0.2, -0.15) is 5.10 Å². The Bertz CT molecular complexity index is 1660. The second-order valence-electron chi connectivity index (χ2n) is 8.92. The van der Waals surface area contributed by atoms with Crippen molar-refractivity contribution in [2.45, 2.75) is 12.8 Å². The summed E-state index contributed by atoms with van der Waals surface area (Å²) in [6.07, 6.45) is 6.55. The Kier molecular flexibility index (Phi) is 5.76. The third-order valence-corrected chi connectivity index (χ3v) is 6.47. The number of carbonyl (C=O) groups is 2. The maximum absolute atomic E-state index is 14.9. The molecule has 1 N–H and O–H groups in total. The number of nitrogens with zero attached hydrogens (tertiary/aromatic N) is 6. The van der Waals surface area contributed by atoms with E-state index in [1.807, 2.05) is 24.3 Å². The first kappa shape index (κ1) is 22.7. The van der Waals surface area contributed by atoms with Gasteiger partial charge in [0.05, 0.1) is 35.7 Å². The second kappa shape index (κ2) is 9.38. The zero-order valence-corrected chi connectivity index (χ0v) is 19.8. The summed E-state index contributed by atoms with van der Waals surface area (Å²) in [6, 6.07) is 14.2. The molecule has 5 aromatic rings. The highest BCUT2D eigenvalue weighted by atomic mass is 19.1. The number of benzene rings is 2. The highest BCUT2D eigenvalue weighted by molar-refractivity contribution is 5.97. The fraction of sp³-hybridized carbons (Fsp3) is 0.185. The van der Waals surface area contributed by atoms with E-state index < -0.39 is 11.7 Å². The van der Waals surface area contributed by atoms with Crippen LogP contribution in [0.3, 0.4) is 0 Å². The van der Waals surface area contributed by atoms with Crippen molar-refractivity contribution >= 4 is 28.5 Å². The smallest absolute Gasteiger partial charge is 0.254 e. The molecule has 184 valence electrons. The van der Waals surface area contributed by atoms with Crippen molar-refractivity contribution in [3.05, 3.63) is 89.8 Å². The molecule has 1 saturated heterocycles. The van der Waals surface area contributed by atoms with Crippen molar-refractivity contribution in [1.29, 1.82) is 0 Å². The van der Waals surface area contributed by atoms with Crippen LogP contribution >= 0.6 is 0 Å². The molecule has 3 aromatic heterocycles. The molecule has 0 radical (unpaired) electrons. The van der Waals surface area contributed by atoms with Crippen LogP contribution < -0.4 is 5.32 Å². The Morgan fingerprint density at radius 1 is 1.00 bits per heavy atom. The maximum Gasteiger partial charge on any atom is 0.254 e. The molecule has 9 nitrogen and oxygen atoms in total. The lowest BCUT2D eigenvalue weighted by Gasteiger charge is -2.30. The van der Waals surface area contributed by atoms with Gasteiger partial charge in [0.15, 0.2) is 0 Å². The second-order valence-corrected chi connectivity index (χ2v) is 8.92. The largest absolute Gasteiger partial charge is 0.343 e. The van der Waals surface area contributed by atoms with E-state index in [0.29, 0.717) is 36.5 Å². The van der Waals surface area contributed by atoms with Crippen LogP contribution in [0.25, 0.3) is 27.9 Å². The molecule has 4 heterocycles. The Balaban J connectivity index is 1.22. The standard InChI is InChI=1S/C27H22FN7O2/c28-22-13-19(5-6-21(22)26(37)30-16-25(36)34-9-2-10-34)24-15-32-27-31-14-20(35(27)33-24)12-17-4-7-23-18(11-17)3-1-8-29-23/h1,3-8,11,13-15H,2,9-10,12,16H2,(H,30,37). The van der Waals surface area contributed by atoms with Crippen LogP contribution in [0.15, 0.2) is 67.1 Å². The number of rotatable bonds is 6. The molecular weight excluding hydrogens is 473 g/mol. The number of hydrogen-bond donors (Lipinski definition) is 1. The molecule has 2 aromatic carbocycles. The number of hydrogen-bond acceptors (Lipinski definition) is 6. The third-order valence-electron chi connectivity index (χ3n) is 6.47. The first-order chi connectivity index (χ1) is 18.0. The maximum atomic E-state index is 14.9. The predicted molar refractivity (Wildman–Crippen MR) is 134 cm³/mol. The van der Waals surface area contributed by atoms with E-state index in [1.165, 1.54) is 18.3 Å². The average molecular weight is 496 g/mol. The van der Waals surface area contributed by atoms with Crippen LogP contribution in [0.1, 0.15) is 28.0 Å². The van der Waals surface area contributed by atoms with Gasteiger partial charge >= 0.3 is 0 Å². The van der Waals surface area contributed by atoms with Gasteiger partial charge in [0, 0.05) is 36.7 Å². The van der Waals surface area contributed by atoms with Crippen LogP contribution in [0.4, 0.5) is 4.39 Å². The molecule has 0 spiro atoms. The molecule has 1 aliphatic heterocycles. The predicted octanol–water partition coefficient (Wildman–Crippen LogP) is 3.03. The molecule has 1 aliphatic rings. The summed E-state index contributed by atoms with van der Waals surface area (Å²) in [5, 5.41) is 8.18. The van der Waals surface area contributed by atoms with Crippen LogP contribution in [0, 0.1) is 5.82 Å². The number of imidazole rings is 1. The zero-order chi connectivity index (χ0) is 25.4. The molecule has 0 saturated carbocycles. The fourth-order valence-electron chi connectivity index (χ4n) is 4.30. The summed E-state index contributed by atoms with van der Waals surface area (Å²) in [4.78, 5) is 39.1. The van der Waals surface area contributed by atoms with Gasteiger partial charge < -0.3 is 10.2 Å². The molecule has 37 heavy (non-hydrogen) atoms. The quantitative estimate of drug-likeness (QED) is 0.388. The molecular formula is C27H22FN7O2. The van der Waals surface area contributed by atoms with Gasteiger partial charge in [-0.1, -0.05) is 18.2 Å². The van der Waals surface area contributed by atoms with Crippen molar-refractivity contribution in [3.63, 3.8) is 0 Å². The van der Waals surface area contributed by atoms with Gasteiger partial charge in [-0.05, 0) is 42.3 Å². The Hall–Kier alpha value is -4.73. The van der Waals surface area contributed by atoms with E-state index >= 15 is 0 Å². The third kappa shape index (κ3) is 4.49. The van der Waals surface area contributed by atoms with E-state index in [9.17, 15) is 14.0 Å². The van der Waals surface area contributed by atoms with Gasteiger partial charge in [0.25, 0.3) is 11.7 Å². The number of carbonyl (C=O) groups excluding carboxylic acids is 2. The molecule has 1 fully saturated rings. The van der Waals surface area contributed by atoms with E-state index in [2.05, 4.69) is 31.4 Å². The number of likely N-dealkylation sites (tertiary alicyclic amines) is 1. The van der Waals surface area contributed by atoms with Crippen molar-refractivity contribution < 1.29 is 14.0 Å². The molecule has 0 aliphatic carbocycles. The minimum Gasteiger partial charge on any atom is -0.343 e. The monoisotopic (exact) mass is 495 g/mol. The molecule has 0 unspecified atom stereocenters. The van der Waals surface area contributed by atoms with E-state index in [-0.39, 0.29) is 18.0 Å². The summed E-state index contributed by atoms with van der Waals surface area (Å²) in [5.74, 6) is -1.08. The van der Waals surface area contributed by atoms with Crippen molar-refractivity contribution in [3.8, 4) is 11.3 Å². The molecule has 6 rings (SSSR count). The molecule has 0 bridgehead atoms. The highest BCUT2D eigenvalue weighted by Gasteiger charge is 2.21. The summed E-state index contributed by atoms with van der Waals surface area (Å²) >= 11 is 0. The Morgan fingerprint density at radius 3 is 2.68 bits per heavy atom. The van der Waals surface area contributed by atoms with E-state index in [0.717, 1.165) is 28.6 Å². The highest BCUT2D eigenvalue weighted by Crippen LogP contribution is 2.21. The van der Waals surface area contributed by atoms with Crippen LogP contribution in [0.5, 0.6) is 0 Å². The lowest BCUT2D eigenvalue weighted by molar-refractivity contribution is -0.133. The van der Waals surface area contributed by atoms with Crippen LogP contribution in [0.2, 0.25) is 0 Å². The van der Waals surface area contributed by atoms with Crippen molar-refractivity contribution in [2.24, 2.45) is 0 Å². The van der Waals surface area contributed by atoms with Crippen molar-refractivity contribution in [2.75, 3.05) is 19.6 Å². The number of amides is 2. The molecule has 2 amide bonds. The summed E-state index contributed by atoms with van der Waals surface area (Å²) in [7, 11) is 0. The number of nitrogens with one attached hydrogen (secondary N) is 1. The SMILES string of the molecule is O=C(NCC(=O)N1CCC1)c1ccc(-c2cnc3ncc(Cc4ccc5ncccc5c4)n3n2)cc1F. The molecule has 0 atom stereocenters. The summed E-state index contributed by atoms with van der Waals surface area (Å²) in [5.41, 5.74) is 3.60. The first-order valence-corrected chi connectivity index (χ1v) is 11.9. The summed E-state index contributed by atoms with van der Waals surface area (Å²) < 4.78 is 16.5. The number of fused-ring (bicyclic) bond motifs is 2. The van der Waals surface area contributed by atoms with Gasteiger partial charge in [0.1, 0.15) is 11.5 Å². The lowest BCUT2D eigenvalue weighted by atomic mass is 10.1. The van der Waals surface area contributed by atoms with E-state index in [1.54, 1.807) is 27.9 Å².